The smallest absolute Gasteiger partial charge is 0.0251 e. The average Bonchev–Trinajstić information content (AvgIpc) is 2.03. The summed E-state index contributed by atoms with van der Waals surface area (Å²) in [6.45, 7) is 4.47. The van der Waals surface area contributed by atoms with E-state index in [1.165, 1.54) is 24.8 Å². The van der Waals surface area contributed by atoms with E-state index in [-0.39, 0.29) is 0 Å². The third-order valence-corrected chi connectivity index (χ3v) is 2.57. The van der Waals surface area contributed by atoms with Gasteiger partial charge in [-0.1, -0.05) is 25.5 Å². The molecule has 0 aromatic rings. The van der Waals surface area contributed by atoms with Crippen molar-refractivity contribution in [3.05, 3.63) is 11.6 Å². The van der Waals surface area contributed by atoms with Gasteiger partial charge in [0.2, 0.25) is 0 Å². The molecule has 2 unspecified atom stereocenters. The molecule has 2 atom stereocenters. The van der Waals surface area contributed by atoms with E-state index < -0.39 is 0 Å². The van der Waals surface area contributed by atoms with Crippen molar-refractivity contribution in [3.8, 4) is 0 Å². The summed E-state index contributed by atoms with van der Waals surface area (Å²) in [6.07, 6.45) is 7.24. The molecule has 0 amide bonds. The van der Waals surface area contributed by atoms with Crippen LogP contribution in [0.25, 0.3) is 0 Å². The molecule has 0 saturated carbocycles. The molecule has 0 radical (unpaired) electrons. The lowest BCUT2D eigenvalue weighted by Crippen LogP contribution is -2.24. The van der Waals surface area contributed by atoms with Crippen LogP contribution in [0.1, 0.15) is 39.5 Å². The Labute approximate surface area is 69.7 Å². The Balaban J connectivity index is 2.50. The number of hydrogen-bond donors (Lipinski definition) is 1. The summed E-state index contributed by atoms with van der Waals surface area (Å²) in [4.78, 5) is 0. The van der Waals surface area contributed by atoms with Crippen molar-refractivity contribution < 1.29 is 0 Å². The minimum absolute atomic E-state index is 0.331. The first kappa shape index (κ1) is 8.79. The fourth-order valence-electron chi connectivity index (χ4n) is 1.71. The lowest BCUT2D eigenvalue weighted by molar-refractivity contribution is 0.484. The zero-order chi connectivity index (χ0) is 8.27. The summed E-state index contributed by atoms with van der Waals surface area (Å²) in [6, 6.07) is 0.331. The van der Waals surface area contributed by atoms with Crippen LogP contribution in [0.4, 0.5) is 0 Å². The van der Waals surface area contributed by atoms with E-state index in [0.29, 0.717) is 6.04 Å². The molecule has 1 aliphatic carbocycles. The van der Waals surface area contributed by atoms with Crippen LogP contribution in [0.2, 0.25) is 0 Å². The first-order chi connectivity index (χ1) is 5.24. The molecule has 64 valence electrons. The predicted octanol–water partition coefficient (Wildman–Crippen LogP) is 2.47. The van der Waals surface area contributed by atoms with E-state index in [1.54, 1.807) is 0 Å². The number of hydrogen-bond acceptors (Lipinski definition) is 1. The van der Waals surface area contributed by atoms with Crippen molar-refractivity contribution in [1.82, 2.24) is 0 Å². The van der Waals surface area contributed by atoms with Gasteiger partial charge in [0.25, 0.3) is 0 Å². The zero-order valence-electron chi connectivity index (χ0n) is 7.64. The Morgan fingerprint density at radius 1 is 1.73 bits per heavy atom. The van der Waals surface area contributed by atoms with Gasteiger partial charge >= 0.3 is 0 Å². The van der Waals surface area contributed by atoms with Crippen LogP contribution in [-0.4, -0.2) is 6.04 Å². The minimum Gasteiger partial charge on any atom is -0.324 e. The largest absolute Gasteiger partial charge is 0.324 e. The highest BCUT2D eigenvalue weighted by atomic mass is 14.6. The number of allylic oxidation sites excluding steroid dienone is 1. The van der Waals surface area contributed by atoms with Gasteiger partial charge in [-0.25, -0.2) is 0 Å². The molecule has 0 aromatic carbocycles. The Bertz CT molecular complexity index is 149. The molecular weight excluding hydrogens is 134 g/mol. The second-order valence-corrected chi connectivity index (χ2v) is 3.68. The standard InChI is InChI=1S/C10H19N/c1-3-10(11)9-6-4-5-8(2)7-9/h6,8,10H,3-5,7,11H2,1-2H3. The summed E-state index contributed by atoms with van der Waals surface area (Å²) in [7, 11) is 0. The SMILES string of the molecule is CCC(N)C1=CCCC(C)C1. The van der Waals surface area contributed by atoms with Crippen LogP contribution in [0.15, 0.2) is 11.6 Å². The molecule has 0 aromatic heterocycles. The van der Waals surface area contributed by atoms with Crippen LogP contribution in [-0.2, 0) is 0 Å². The Hall–Kier alpha value is -0.300. The Morgan fingerprint density at radius 3 is 3.00 bits per heavy atom. The van der Waals surface area contributed by atoms with Crippen molar-refractivity contribution in [2.24, 2.45) is 11.7 Å². The maximum absolute atomic E-state index is 5.94. The molecule has 1 aliphatic rings. The van der Waals surface area contributed by atoms with E-state index >= 15 is 0 Å². The lowest BCUT2D eigenvalue weighted by atomic mass is 9.86. The van der Waals surface area contributed by atoms with Crippen LogP contribution < -0.4 is 5.73 Å². The van der Waals surface area contributed by atoms with E-state index in [2.05, 4.69) is 19.9 Å². The van der Waals surface area contributed by atoms with Crippen molar-refractivity contribution >= 4 is 0 Å². The Kier molecular flexibility index (Phi) is 3.13. The molecule has 0 heterocycles. The highest BCUT2D eigenvalue weighted by Gasteiger charge is 2.14. The minimum atomic E-state index is 0.331. The van der Waals surface area contributed by atoms with Gasteiger partial charge in [0.05, 0.1) is 0 Å². The predicted molar refractivity (Wildman–Crippen MR) is 49.4 cm³/mol. The van der Waals surface area contributed by atoms with Crippen molar-refractivity contribution in [3.63, 3.8) is 0 Å². The first-order valence-corrected chi connectivity index (χ1v) is 4.68. The van der Waals surface area contributed by atoms with Crippen LogP contribution >= 0.6 is 0 Å². The van der Waals surface area contributed by atoms with Crippen LogP contribution in [0.5, 0.6) is 0 Å². The second-order valence-electron chi connectivity index (χ2n) is 3.68. The fraction of sp³-hybridized carbons (Fsp3) is 0.800. The van der Waals surface area contributed by atoms with E-state index in [4.69, 9.17) is 5.73 Å². The summed E-state index contributed by atoms with van der Waals surface area (Å²) < 4.78 is 0. The second kappa shape index (κ2) is 3.91. The first-order valence-electron chi connectivity index (χ1n) is 4.68. The highest BCUT2D eigenvalue weighted by molar-refractivity contribution is 5.12. The summed E-state index contributed by atoms with van der Waals surface area (Å²) >= 11 is 0. The van der Waals surface area contributed by atoms with E-state index in [9.17, 15) is 0 Å². The van der Waals surface area contributed by atoms with Crippen molar-refractivity contribution in [1.29, 1.82) is 0 Å². The van der Waals surface area contributed by atoms with Crippen molar-refractivity contribution in [2.45, 2.75) is 45.6 Å². The van der Waals surface area contributed by atoms with E-state index in [0.717, 1.165) is 12.3 Å². The van der Waals surface area contributed by atoms with Gasteiger partial charge in [-0.05, 0) is 31.6 Å². The Morgan fingerprint density at radius 2 is 2.45 bits per heavy atom. The molecule has 0 bridgehead atoms. The van der Waals surface area contributed by atoms with Crippen LogP contribution in [0.3, 0.4) is 0 Å². The maximum Gasteiger partial charge on any atom is 0.0251 e. The number of rotatable bonds is 2. The molecule has 1 heteroatoms. The summed E-state index contributed by atoms with van der Waals surface area (Å²) in [5.74, 6) is 0.854. The monoisotopic (exact) mass is 153 g/mol. The van der Waals surface area contributed by atoms with Gasteiger partial charge in [0.15, 0.2) is 0 Å². The normalized spacial score (nSPS) is 27.9. The fourth-order valence-corrected chi connectivity index (χ4v) is 1.71. The van der Waals surface area contributed by atoms with Gasteiger partial charge in [0, 0.05) is 6.04 Å². The van der Waals surface area contributed by atoms with Gasteiger partial charge < -0.3 is 5.73 Å². The maximum atomic E-state index is 5.94. The summed E-state index contributed by atoms with van der Waals surface area (Å²) in [5.41, 5.74) is 7.43. The molecule has 0 saturated heterocycles. The topological polar surface area (TPSA) is 26.0 Å². The zero-order valence-corrected chi connectivity index (χ0v) is 7.64. The number of nitrogens with two attached hydrogens (primary N) is 1. The van der Waals surface area contributed by atoms with Gasteiger partial charge in [-0.2, -0.15) is 0 Å². The highest BCUT2D eigenvalue weighted by Crippen LogP contribution is 2.25. The van der Waals surface area contributed by atoms with Crippen LogP contribution in [0, 0.1) is 5.92 Å². The quantitative estimate of drug-likeness (QED) is 0.606. The summed E-state index contributed by atoms with van der Waals surface area (Å²) in [5, 5.41) is 0. The van der Waals surface area contributed by atoms with Gasteiger partial charge in [-0.3, -0.25) is 0 Å². The van der Waals surface area contributed by atoms with Crippen molar-refractivity contribution in [2.75, 3.05) is 0 Å². The molecule has 1 rings (SSSR count). The van der Waals surface area contributed by atoms with E-state index in [1.807, 2.05) is 0 Å². The van der Waals surface area contributed by atoms with Gasteiger partial charge in [-0.15, -0.1) is 0 Å². The molecule has 1 nitrogen and oxygen atoms in total. The van der Waals surface area contributed by atoms with Gasteiger partial charge in [0.1, 0.15) is 0 Å². The molecule has 0 spiro atoms. The third kappa shape index (κ3) is 2.33. The molecule has 0 aliphatic heterocycles. The third-order valence-electron chi connectivity index (χ3n) is 2.57. The lowest BCUT2D eigenvalue weighted by Gasteiger charge is -2.22. The molecule has 11 heavy (non-hydrogen) atoms. The molecule has 0 fully saturated rings. The molecular formula is C10H19N. The average molecular weight is 153 g/mol. The molecule has 2 N–H and O–H groups in total.